The van der Waals surface area contributed by atoms with E-state index in [-0.39, 0.29) is 16.6 Å². The van der Waals surface area contributed by atoms with Crippen LogP contribution in [0.3, 0.4) is 0 Å². The summed E-state index contributed by atoms with van der Waals surface area (Å²) in [6, 6.07) is 5.28. The molecule has 2 unspecified atom stereocenters. The van der Waals surface area contributed by atoms with Crippen LogP contribution in [0.2, 0.25) is 0 Å². The molecule has 2 atom stereocenters. The Bertz CT molecular complexity index is 1240. The maximum absolute atomic E-state index is 15.2. The molecule has 1 aliphatic carbocycles. The minimum Gasteiger partial charge on any atom is -0.367 e. The fourth-order valence-corrected chi connectivity index (χ4v) is 8.22. The van der Waals surface area contributed by atoms with E-state index >= 15 is 4.39 Å². The second-order valence-corrected chi connectivity index (χ2v) is 13.0. The molecule has 1 saturated carbocycles. The van der Waals surface area contributed by atoms with Crippen molar-refractivity contribution < 1.29 is 17.9 Å². The third-order valence-electron chi connectivity index (χ3n) is 8.83. The van der Waals surface area contributed by atoms with Gasteiger partial charge in [0.25, 0.3) is 5.92 Å². The minimum atomic E-state index is -2.89. The highest BCUT2D eigenvalue weighted by Crippen LogP contribution is 2.56. The number of piperidine rings is 1. The van der Waals surface area contributed by atoms with Gasteiger partial charge in [-0.15, -0.1) is 11.8 Å². The lowest BCUT2D eigenvalue weighted by atomic mass is 9.77. The number of rotatable bonds is 5. The van der Waals surface area contributed by atoms with Crippen molar-refractivity contribution in [2.45, 2.75) is 61.5 Å². The second-order valence-electron chi connectivity index (χ2n) is 11.2. The average Bonchev–Trinajstić information content (AvgIpc) is 3.45. The third kappa shape index (κ3) is 4.25. The molecule has 0 bridgehead atoms. The van der Waals surface area contributed by atoms with Gasteiger partial charge in [-0.1, -0.05) is 23.7 Å². The first-order valence-electron chi connectivity index (χ1n) is 12.8. The molecule has 2 saturated heterocycles. The summed E-state index contributed by atoms with van der Waals surface area (Å²) in [4.78, 5) is 4.48. The Hall–Kier alpha value is -1.52. The summed E-state index contributed by atoms with van der Waals surface area (Å²) in [7, 11) is 4.08. The van der Waals surface area contributed by atoms with E-state index in [1.165, 1.54) is 23.9 Å². The van der Waals surface area contributed by atoms with E-state index < -0.39 is 24.0 Å². The highest BCUT2D eigenvalue weighted by Gasteiger charge is 2.60. The average molecular weight is 553 g/mol. The number of aromatic nitrogens is 2. The van der Waals surface area contributed by atoms with E-state index in [4.69, 9.17) is 21.4 Å². The SMILES string of the molecule is Cc1nn(-c2c(F)cccc2C2(N(C)C)CC2)cc1CN1CCC2(CC1)OCC(F)(F)C1C=C(Cl)SC12. The number of hydrogen-bond donors (Lipinski definition) is 0. The van der Waals surface area contributed by atoms with Gasteiger partial charge in [-0.25, -0.2) is 17.9 Å². The predicted molar refractivity (Wildman–Crippen MR) is 140 cm³/mol. The summed E-state index contributed by atoms with van der Waals surface area (Å²) < 4.78 is 52.2. The lowest BCUT2D eigenvalue weighted by Crippen LogP contribution is -2.61. The molecule has 10 heteroatoms. The summed E-state index contributed by atoms with van der Waals surface area (Å²) in [6.45, 7) is 3.52. The van der Waals surface area contributed by atoms with Crippen LogP contribution in [-0.4, -0.2) is 70.1 Å². The molecule has 3 aliphatic heterocycles. The Balaban J connectivity index is 1.19. The fraction of sp³-hybridized carbons (Fsp3) is 0.593. The van der Waals surface area contributed by atoms with Gasteiger partial charge in [0.2, 0.25) is 0 Å². The highest BCUT2D eigenvalue weighted by atomic mass is 35.5. The molecule has 3 fully saturated rings. The molecule has 0 radical (unpaired) electrons. The molecule has 1 spiro atoms. The summed E-state index contributed by atoms with van der Waals surface area (Å²) in [5.74, 6) is -4.04. The number of hydrogen-bond acceptors (Lipinski definition) is 5. The van der Waals surface area contributed by atoms with Crippen LogP contribution in [0.4, 0.5) is 13.2 Å². The Labute approximate surface area is 225 Å². The highest BCUT2D eigenvalue weighted by molar-refractivity contribution is 8.05. The monoisotopic (exact) mass is 552 g/mol. The van der Waals surface area contributed by atoms with Crippen LogP contribution in [0.25, 0.3) is 5.69 Å². The maximum Gasteiger partial charge on any atom is 0.278 e. The molecule has 1 aromatic carbocycles. The normalized spacial score (nSPS) is 27.9. The van der Waals surface area contributed by atoms with E-state index in [1.54, 1.807) is 10.7 Å². The molecule has 2 aromatic rings. The number of ether oxygens (including phenoxy) is 1. The summed E-state index contributed by atoms with van der Waals surface area (Å²) >= 11 is 7.51. The Morgan fingerprint density at radius 2 is 1.92 bits per heavy atom. The Morgan fingerprint density at radius 1 is 1.19 bits per heavy atom. The van der Waals surface area contributed by atoms with Gasteiger partial charge in [-0.05, 0) is 58.8 Å². The second kappa shape index (κ2) is 9.01. The van der Waals surface area contributed by atoms with E-state index in [0.717, 1.165) is 42.8 Å². The number of fused-ring (bicyclic) bond motifs is 2. The molecule has 4 aliphatic rings. The standard InChI is InChI=1S/C27H32ClF3N4OS/c1-17-18(15-35(32-17)23-19(5-4-6-21(23)29)25(7-8-25)33(2)3)14-34-11-9-26(10-12-34)24-20(13-22(28)37-24)27(30,31)16-36-26/h4-6,13,15,20,24H,7-12,14,16H2,1-3H3. The fourth-order valence-electron chi connectivity index (χ4n) is 6.38. The maximum atomic E-state index is 15.2. The van der Waals surface area contributed by atoms with Crippen LogP contribution in [0.15, 0.2) is 34.8 Å². The van der Waals surface area contributed by atoms with Gasteiger partial charge in [0, 0.05) is 42.5 Å². The number of thioether (sulfide) groups is 1. The molecule has 0 amide bonds. The van der Waals surface area contributed by atoms with Gasteiger partial charge >= 0.3 is 0 Å². The van der Waals surface area contributed by atoms with Gasteiger partial charge in [-0.2, -0.15) is 5.10 Å². The van der Waals surface area contributed by atoms with Gasteiger partial charge < -0.3 is 4.74 Å². The smallest absolute Gasteiger partial charge is 0.278 e. The number of alkyl halides is 2. The molecule has 1 aromatic heterocycles. The molecular formula is C27H32ClF3N4OS. The quantitative estimate of drug-likeness (QED) is 0.476. The van der Waals surface area contributed by atoms with Crippen molar-refractivity contribution in [2.75, 3.05) is 33.8 Å². The van der Waals surface area contributed by atoms with Crippen molar-refractivity contribution in [1.82, 2.24) is 19.6 Å². The first-order chi connectivity index (χ1) is 17.5. The lowest BCUT2D eigenvalue weighted by molar-refractivity contribution is -0.215. The van der Waals surface area contributed by atoms with Crippen molar-refractivity contribution in [2.24, 2.45) is 5.92 Å². The number of allylic oxidation sites excluding steroid dienone is 1. The molecule has 6 rings (SSSR count). The van der Waals surface area contributed by atoms with E-state index in [2.05, 4.69) is 9.80 Å². The zero-order chi connectivity index (χ0) is 26.2. The van der Waals surface area contributed by atoms with E-state index in [0.29, 0.717) is 29.4 Å². The lowest BCUT2D eigenvalue weighted by Gasteiger charge is -2.51. The summed E-state index contributed by atoms with van der Waals surface area (Å²) in [5, 5.41) is 4.36. The number of benzene rings is 1. The van der Waals surface area contributed by atoms with Crippen molar-refractivity contribution >= 4 is 23.4 Å². The topological polar surface area (TPSA) is 33.5 Å². The predicted octanol–water partition coefficient (Wildman–Crippen LogP) is 5.68. The Morgan fingerprint density at radius 3 is 2.59 bits per heavy atom. The van der Waals surface area contributed by atoms with Gasteiger partial charge in [0.05, 0.1) is 26.8 Å². The van der Waals surface area contributed by atoms with Crippen molar-refractivity contribution in [1.29, 1.82) is 0 Å². The zero-order valence-corrected chi connectivity index (χ0v) is 22.9. The van der Waals surface area contributed by atoms with E-state index in [9.17, 15) is 8.78 Å². The van der Waals surface area contributed by atoms with Crippen LogP contribution in [0.1, 0.15) is 42.5 Å². The van der Waals surface area contributed by atoms with Crippen LogP contribution in [0.5, 0.6) is 0 Å². The molecular weight excluding hydrogens is 521 g/mol. The number of halogens is 4. The van der Waals surface area contributed by atoms with Crippen LogP contribution in [0, 0.1) is 18.7 Å². The molecule has 37 heavy (non-hydrogen) atoms. The first-order valence-corrected chi connectivity index (χ1v) is 14.1. The van der Waals surface area contributed by atoms with Crippen molar-refractivity contribution in [3.8, 4) is 5.69 Å². The largest absolute Gasteiger partial charge is 0.367 e. The first kappa shape index (κ1) is 25.7. The van der Waals surface area contributed by atoms with Gasteiger partial charge in [0.15, 0.2) is 0 Å². The molecule has 5 nitrogen and oxygen atoms in total. The van der Waals surface area contributed by atoms with Gasteiger partial charge in [0.1, 0.15) is 18.1 Å². The number of likely N-dealkylation sites (tertiary alicyclic amines) is 1. The third-order valence-corrected chi connectivity index (χ3v) is 10.6. The van der Waals surface area contributed by atoms with Crippen LogP contribution < -0.4 is 0 Å². The van der Waals surface area contributed by atoms with Crippen molar-refractivity contribution in [3.05, 3.63) is 57.5 Å². The zero-order valence-electron chi connectivity index (χ0n) is 21.3. The summed E-state index contributed by atoms with van der Waals surface area (Å²) in [6.07, 6.45) is 6.79. The molecule has 4 heterocycles. The Kier molecular flexibility index (Phi) is 6.27. The number of nitrogens with zero attached hydrogens (tertiary/aromatic N) is 4. The van der Waals surface area contributed by atoms with E-state index in [1.807, 2.05) is 33.3 Å². The molecule has 200 valence electrons. The van der Waals surface area contributed by atoms with Crippen LogP contribution >= 0.6 is 23.4 Å². The minimum absolute atomic E-state index is 0.149. The number of para-hydroxylation sites is 1. The van der Waals surface area contributed by atoms with Crippen molar-refractivity contribution in [3.63, 3.8) is 0 Å². The number of aryl methyl sites for hydroxylation is 1. The molecule has 0 N–H and O–H groups in total. The summed E-state index contributed by atoms with van der Waals surface area (Å²) in [5.41, 5.74) is 2.64. The van der Waals surface area contributed by atoms with Crippen LogP contribution in [-0.2, 0) is 16.8 Å². The van der Waals surface area contributed by atoms with Gasteiger partial charge in [-0.3, -0.25) is 9.80 Å².